The van der Waals surface area contributed by atoms with Gasteiger partial charge in [-0.2, -0.15) is 5.10 Å². The quantitative estimate of drug-likeness (QED) is 0.500. The van der Waals surface area contributed by atoms with Gasteiger partial charge in [-0.3, -0.25) is 9.48 Å². The van der Waals surface area contributed by atoms with E-state index in [1.54, 1.807) is 26.5 Å². The molecule has 6 heteroatoms. The van der Waals surface area contributed by atoms with Gasteiger partial charge < -0.3 is 13.9 Å². The van der Waals surface area contributed by atoms with Crippen molar-refractivity contribution in [2.75, 3.05) is 14.2 Å². The molecule has 0 saturated heterocycles. The Morgan fingerprint density at radius 1 is 1.23 bits per heavy atom. The average molecular weight is 418 g/mol. The molecule has 3 aromatic rings. The molecule has 0 bridgehead atoms. The van der Waals surface area contributed by atoms with Crippen molar-refractivity contribution in [2.24, 2.45) is 0 Å². The van der Waals surface area contributed by atoms with Crippen LogP contribution in [0.3, 0.4) is 0 Å². The van der Waals surface area contributed by atoms with Crippen molar-refractivity contribution in [3.63, 3.8) is 0 Å². The fraction of sp³-hybridized carbons (Fsp3) is 0.280. The van der Waals surface area contributed by atoms with Crippen LogP contribution in [-0.4, -0.2) is 29.8 Å². The number of hydrogen-bond donors (Lipinski definition) is 0. The number of carbonyl (C=O) groups is 1. The summed E-state index contributed by atoms with van der Waals surface area (Å²) in [5.74, 6) is 2.44. The molecular formula is C25H26N2O4. The minimum absolute atomic E-state index is 0.121. The topological polar surface area (TPSA) is 66.5 Å². The Bertz CT molecular complexity index is 1210. The molecule has 2 heterocycles. The molecule has 1 aliphatic rings. The highest BCUT2D eigenvalue weighted by Crippen LogP contribution is 2.37. The number of aryl methyl sites for hydroxylation is 2. The summed E-state index contributed by atoms with van der Waals surface area (Å²) >= 11 is 0. The molecule has 1 aromatic carbocycles. The molecule has 2 aromatic heterocycles. The summed E-state index contributed by atoms with van der Waals surface area (Å²) in [7, 11) is 3.25. The van der Waals surface area contributed by atoms with Crippen LogP contribution in [0.2, 0.25) is 0 Å². The van der Waals surface area contributed by atoms with Gasteiger partial charge in [0, 0.05) is 36.4 Å². The van der Waals surface area contributed by atoms with E-state index in [9.17, 15) is 4.79 Å². The lowest BCUT2D eigenvalue weighted by Gasteiger charge is -2.11. The minimum atomic E-state index is -0.121. The number of methoxy groups -OCH3 is 2. The van der Waals surface area contributed by atoms with Crippen molar-refractivity contribution in [1.82, 2.24) is 9.78 Å². The number of benzene rings is 1. The number of carbonyl (C=O) groups excluding carboxylic acids is 1. The van der Waals surface area contributed by atoms with Gasteiger partial charge in [-0.05, 0) is 44.0 Å². The van der Waals surface area contributed by atoms with E-state index in [2.05, 4.69) is 5.10 Å². The first-order valence-corrected chi connectivity index (χ1v) is 10.3. The Balaban J connectivity index is 1.94. The van der Waals surface area contributed by atoms with Crippen molar-refractivity contribution in [3.05, 3.63) is 69.9 Å². The zero-order valence-corrected chi connectivity index (χ0v) is 18.5. The highest BCUT2D eigenvalue weighted by Gasteiger charge is 2.28. The molecule has 0 fully saturated rings. The predicted molar refractivity (Wildman–Crippen MR) is 120 cm³/mol. The summed E-state index contributed by atoms with van der Waals surface area (Å²) in [5.41, 5.74) is 4.59. The molecule has 0 unspecified atom stereocenters. The molecule has 0 saturated carbocycles. The number of ether oxygens (including phenoxy) is 2. The van der Waals surface area contributed by atoms with Gasteiger partial charge in [0.25, 0.3) is 0 Å². The van der Waals surface area contributed by atoms with Gasteiger partial charge in [0.05, 0.1) is 31.5 Å². The fourth-order valence-electron chi connectivity index (χ4n) is 3.77. The minimum Gasteiger partial charge on any atom is -0.501 e. The Morgan fingerprint density at radius 3 is 2.71 bits per heavy atom. The first-order chi connectivity index (χ1) is 15.0. The van der Waals surface area contributed by atoms with Gasteiger partial charge in [0.15, 0.2) is 5.78 Å². The summed E-state index contributed by atoms with van der Waals surface area (Å²) in [6.45, 7) is 6.70. The van der Waals surface area contributed by atoms with Crippen molar-refractivity contribution in [3.8, 4) is 17.1 Å². The smallest absolute Gasteiger partial charge is 0.197 e. The highest BCUT2D eigenvalue weighted by atomic mass is 16.5. The van der Waals surface area contributed by atoms with Crippen LogP contribution in [0.4, 0.5) is 0 Å². The maximum atomic E-state index is 13.8. The van der Waals surface area contributed by atoms with Crippen LogP contribution in [0.25, 0.3) is 23.5 Å². The van der Waals surface area contributed by atoms with Crippen molar-refractivity contribution in [2.45, 2.75) is 33.7 Å². The number of nitrogens with zero attached hydrogens (tertiary/aromatic N) is 2. The van der Waals surface area contributed by atoms with Gasteiger partial charge in [-0.1, -0.05) is 12.2 Å². The van der Waals surface area contributed by atoms with Crippen LogP contribution in [0.1, 0.15) is 51.7 Å². The van der Waals surface area contributed by atoms with E-state index < -0.39 is 0 Å². The van der Waals surface area contributed by atoms with Crippen LogP contribution < -0.4 is 4.74 Å². The van der Waals surface area contributed by atoms with Gasteiger partial charge in [-0.15, -0.1) is 0 Å². The van der Waals surface area contributed by atoms with Crippen LogP contribution in [0.5, 0.6) is 5.75 Å². The molecule has 0 spiro atoms. The SMILES string of the molecule is CCn1cc(-c2oc3c(c2C(=O)c2cc(C)c(C)c(OC)c2)C=CCC(OC)=C3)cn1. The van der Waals surface area contributed by atoms with Crippen molar-refractivity contribution in [1.29, 1.82) is 0 Å². The zero-order chi connectivity index (χ0) is 22.1. The monoisotopic (exact) mass is 418 g/mol. The lowest BCUT2D eigenvalue weighted by Crippen LogP contribution is -2.06. The van der Waals surface area contributed by atoms with Crippen LogP contribution in [0, 0.1) is 13.8 Å². The van der Waals surface area contributed by atoms with E-state index in [4.69, 9.17) is 13.9 Å². The van der Waals surface area contributed by atoms with Gasteiger partial charge in [0.1, 0.15) is 23.0 Å². The first-order valence-electron chi connectivity index (χ1n) is 10.3. The maximum absolute atomic E-state index is 13.8. The fourth-order valence-corrected chi connectivity index (χ4v) is 3.77. The second-order valence-electron chi connectivity index (χ2n) is 7.54. The van der Waals surface area contributed by atoms with E-state index >= 15 is 0 Å². The van der Waals surface area contributed by atoms with Crippen LogP contribution >= 0.6 is 0 Å². The number of ketones is 1. The van der Waals surface area contributed by atoms with Crippen LogP contribution in [-0.2, 0) is 11.3 Å². The predicted octanol–water partition coefficient (Wildman–Crippen LogP) is 5.42. The highest BCUT2D eigenvalue weighted by molar-refractivity contribution is 6.15. The lowest BCUT2D eigenvalue weighted by atomic mass is 9.94. The first kappa shape index (κ1) is 20.7. The Hall–Kier alpha value is -3.54. The molecule has 0 N–H and O–H groups in total. The van der Waals surface area contributed by atoms with E-state index in [0.29, 0.717) is 34.8 Å². The number of furan rings is 1. The molecule has 6 nitrogen and oxygen atoms in total. The Kier molecular flexibility index (Phi) is 5.55. The third-order valence-corrected chi connectivity index (χ3v) is 5.68. The van der Waals surface area contributed by atoms with Crippen molar-refractivity contribution < 1.29 is 18.7 Å². The second-order valence-corrected chi connectivity index (χ2v) is 7.54. The summed E-state index contributed by atoms with van der Waals surface area (Å²) in [4.78, 5) is 13.8. The Labute approximate surface area is 181 Å². The van der Waals surface area contributed by atoms with E-state index in [1.807, 2.05) is 55.9 Å². The lowest BCUT2D eigenvalue weighted by molar-refractivity contribution is 0.103. The largest absolute Gasteiger partial charge is 0.501 e. The molecule has 0 atom stereocenters. The molecule has 1 aliphatic carbocycles. The maximum Gasteiger partial charge on any atom is 0.197 e. The molecule has 31 heavy (non-hydrogen) atoms. The molecule has 0 aliphatic heterocycles. The third kappa shape index (κ3) is 3.69. The summed E-state index contributed by atoms with van der Waals surface area (Å²) < 4.78 is 19.0. The molecule has 0 amide bonds. The number of aromatic nitrogens is 2. The van der Waals surface area contributed by atoms with Crippen LogP contribution in [0.15, 0.2) is 40.8 Å². The number of hydrogen-bond acceptors (Lipinski definition) is 5. The van der Waals surface area contributed by atoms with E-state index in [-0.39, 0.29) is 5.78 Å². The average Bonchev–Trinajstić information content (AvgIpc) is 3.33. The molecule has 160 valence electrons. The Morgan fingerprint density at radius 2 is 2.03 bits per heavy atom. The summed E-state index contributed by atoms with van der Waals surface area (Å²) in [6.07, 6.45) is 10.0. The summed E-state index contributed by atoms with van der Waals surface area (Å²) in [6, 6.07) is 3.69. The molecule has 0 radical (unpaired) electrons. The summed E-state index contributed by atoms with van der Waals surface area (Å²) in [5, 5.41) is 4.36. The normalized spacial score (nSPS) is 12.9. The second kappa shape index (κ2) is 8.30. The number of rotatable bonds is 6. The zero-order valence-electron chi connectivity index (χ0n) is 18.5. The number of allylic oxidation sites excluding steroid dienone is 1. The van der Waals surface area contributed by atoms with E-state index in [1.165, 1.54) is 0 Å². The van der Waals surface area contributed by atoms with Gasteiger partial charge in [0.2, 0.25) is 0 Å². The van der Waals surface area contributed by atoms with E-state index in [0.717, 1.165) is 34.6 Å². The van der Waals surface area contributed by atoms with Crippen molar-refractivity contribution >= 4 is 17.9 Å². The standard InChI is InChI=1S/C25H26N2O4/c1-6-27-14-18(13-26-27)25-23(20-9-7-8-19(29-4)12-22(20)31-25)24(28)17-10-15(2)16(3)21(11-17)30-5/h7,9-14H,6,8H2,1-5H3. The van der Waals surface area contributed by atoms with Gasteiger partial charge >= 0.3 is 0 Å². The molecular weight excluding hydrogens is 392 g/mol. The third-order valence-electron chi connectivity index (χ3n) is 5.68. The molecule has 4 rings (SSSR count). The number of fused-ring (bicyclic) bond motifs is 1. The van der Waals surface area contributed by atoms with Gasteiger partial charge in [-0.25, -0.2) is 0 Å².